The van der Waals surface area contributed by atoms with Crippen LogP contribution in [0.3, 0.4) is 0 Å². The number of benzene rings is 1. The van der Waals surface area contributed by atoms with Crippen LogP contribution < -0.4 is 4.74 Å². The molecule has 0 bridgehead atoms. The van der Waals surface area contributed by atoms with Gasteiger partial charge < -0.3 is 19.7 Å². The summed E-state index contributed by atoms with van der Waals surface area (Å²) in [6.07, 6.45) is 9.55. The van der Waals surface area contributed by atoms with Crippen LogP contribution in [0, 0.1) is 18.8 Å². The summed E-state index contributed by atoms with van der Waals surface area (Å²) >= 11 is 0. The summed E-state index contributed by atoms with van der Waals surface area (Å²) in [5.41, 5.74) is 3.97. The minimum atomic E-state index is -2.56. The molecule has 2 rings (SSSR count). The number of Topliss-reactive ketones (excluding diaryl/α,β-unsaturated/α-hetero) is 1. The number of ketones is 1. The van der Waals surface area contributed by atoms with Crippen LogP contribution in [-0.4, -0.2) is 41.5 Å². The quantitative estimate of drug-likeness (QED) is 0.201. The number of allylic oxidation sites excluding steroid dienone is 1. The topological polar surface area (TPSA) is 93.1 Å². The van der Waals surface area contributed by atoms with E-state index < -0.39 is 11.8 Å². The number of aryl methyl sites for hydroxylation is 1. The van der Waals surface area contributed by atoms with Gasteiger partial charge in [0.1, 0.15) is 11.5 Å². The van der Waals surface area contributed by atoms with Crippen LogP contribution in [0.25, 0.3) is 0 Å². The molecular weight excluding hydrogens is 384 g/mol. The number of esters is 1. The van der Waals surface area contributed by atoms with Crippen molar-refractivity contribution in [3.05, 3.63) is 59.9 Å². The second-order valence-corrected chi connectivity index (χ2v) is 7.48. The molecular formula is C24H30O6. The predicted molar refractivity (Wildman–Crippen MR) is 113 cm³/mol. The third kappa shape index (κ3) is 7.30. The Balaban J connectivity index is 1.79. The Hall–Kier alpha value is -2.66. The maximum Gasteiger partial charge on any atom is 0.366 e. The smallest absolute Gasteiger partial charge is 0.366 e. The lowest BCUT2D eigenvalue weighted by Gasteiger charge is -2.15. The Morgan fingerprint density at radius 3 is 2.87 bits per heavy atom. The van der Waals surface area contributed by atoms with Gasteiger partial charge in [0.2, 0.25) is 0 Å². The first kappa shape index (κ1) is 23.6. The van der Waals surface area contributed by atoms with E-state index in [0.717, 1.165) is 31.3 Å². The molecule has 0 aliphatic heterocycles. The highest BCUT2D eigenvalue weighted by atomic mass is 16.6. The Labute approximate surface area is 177 Å². The maximum atomic E-state index is 12.2. The third-order valence-corrected chi connectivity index (χ3v) is 5.09. The minimum absolute atomic E-state index is 0.103. The molecule has 1 aromatic carbocycles. The van der Waals surface area contributed by atoms with Gasteiger partial charge in [-0.15, -0.1) is 5.73 Å². The van der Waals surface area contributed by atoms with Crippen molar-refractivity contribution >= 4 is 11.8 Å². The van der Waals surface area contributed by atoms with Crippen LogP contribution >= 0.6 is 0 Å². The van der Waals surface area contributed by atoms with E-state index in [1.165, 1.54) is 6.08 Å². The molecule has 1 saturated carbocycles. The van der Waals surface area contributed by atoms with Crippen molar-refractivity contribution in [2.75, 3.05) is 13.7 Å². The van der Waals surface area contributed by atoms with E-state index in [2.05, 4.69) is 22.6 Å². The molecule has 1 aliphatic rings. The largest absolute Gasteiger partial charge is 0.493 e. The summed E-state index contributed by atoms with van der Waals surface area (Å²) in [4.78, 5) is 23.4. The molecule has 0 radical (unpaired) electrons. The number of hydrogen-bond donors (Lipinski definition) is 2. The van der Waals surface area contributed by atoms with E-state index in [1.54, 1.807) is 6.08 Å². The van der Waals surface area contributed by atoms with Gasteiger partial charge in [-0.25, -0.2) is 4.79 Å². The van der Waals surface area contributed by atoms with Gasteiger partial charge in [-0.2, -0.15) is 0 Å². The molecule has 1 aliphatic carbocycles. The van der Waals surface area contributed by atoms with E-state index in [1.807, 2.05) is 31.2 Å². The normalized spacial score (nSPS) is 18.9. The van der Waals surface area contributed by atoms with Crippen LogP contribution in [0.2, 0.25) is 0 Å². The van der Waals surface area contributed by atoms with Crippen LogP contribution in [-0.2, 0) is 14.3 Å². The molecule has 30 heavy (non-hydrogen) atoms. The van der Waals surface area contributed by atoms with Crippen LogP contribution in [0.15, 0.2) is 54.3 Å². The zero-order valence-corrected chi connectivity index (χ0v) is 17.5. The summed E-state index contributed by atoms with van der Waals surface area (Å²) in [7, 11) is 1.08. The minimum Gasteiger partial charge on any atom is -0.493 e. The highest BCUT2D eigenvalue weighted by Gasteiger charge is 2.33. The Bertz CT molecular complexity index is 817. The van der Waals surface area contributed by atoms with Gasteiger partial charge >= 0.3 is 5.97 Å². The fourth-order valence-electron chi connectivity index (χ4n) is 3.42. The molecule has 162 valence electrons. The fourth-order valence-corrected chi connectivity index (χ4v) is 3.42. The number of aliphatic hydroxyl groups is 2. The number of rotatable bonds is 10. The molecule has 6 heteroatoms. The molecule has 0 heterocycles. The van der Waals surface area contributed by atoms with Crippen molar-refractivity contribution in [1.29, 1.82) is 0 Å². The molecule has 6 nitrogen and oxygen atoms in total. The molecule has 0 saturated heterocycles. The van der Waals surface area contributed by atoms with Crippen molar-refractivity contribution in [3.63, 3.8) is 0 Å². The predicted octanol–water partition coefficient (Wildman–Crippen LogP) is 3.26. The highest BCUT2D eigenvalue weighted by molar-refractivity contribution is 5.83. The molecule has 0 spiro atoms. The lowest BCUT2D eigenvalue weighted by Crippen LogP contribution is -2.38. The molecule has 0 aromatic heterocycles. The molecule has 0 unspecified atom stereocenters. The molecule has 2 atom stereocenters. The van der Waals surface area contributed by atoms with E-state index >= 15 is 0 Å². The zero-order chi connectivity index (χ0) is 22.0. The number of hydrogen-bond acceptors (Lipinski definition) is 6. The molecule has 1 fully saturated rings. The standard InChI is InChI=1S/C24H30O6/c1-18-9-8-11-20(17-18)30-16-7-5-10-19-13-14-22(25)21(19)12-4-3-6-15-24(27,28)23(26)29-2/h4-6,8-11,17,19,21,27-28H,7,12-16H2,1-2H3/b10-5+/t3?,19-,21+/m0/s1. The number of carbonyl (C=O) groups is 2. The Morgan fingerprint density at radius 1 is 1.33 bits per heavy atom. The Morgan fingerprint density at radius 2 is 2.13 bits per heavy atom. The SMILES string of the molecule is COC(=O)C(O)(O)CC=C=CC[C@H]1C(=O)CC[C@@H]1/C=C/CCOc1cccc(C)c1. The van der Waals surface area contributed by atoms with Gasteiger partial charge in [-0.1, -0.05) is 24.3 Å². The monoisotopic (exact) mass is 414 g/mol. The first-order valence-corrected chi connectivity index (χ1v) is 10.1. The third-order valence-electron chi connectivity index (χ3n) is 5.09. The van der Waals surface area contributed by atoms with Gasteiger partial charge in [-0.05, 0) is 62.0 Å². The summed E-state index contributed by atoms with van der Waals surface area (Å²) < 4.78 is 10.0. The number of ether oxygens (including phenoxy) is 2. The lowest BCUT2D eigenvalue weighted by molar-refractivity contribution is -0.205. The van der Waals surface area contributed by atoms with Crippen molar-refractivity contribution in [3.8, 4) is 5.75 Å². The molecule has 1 aromatic rings. The van der Waals surface area contributed by atoms with Gasteiger partial charge in [0.25, 0.3) is 5.79 Å². The highest BCUT2D eigenvalue weighted by Crippen LogP contribution is 2.32. The number of methoxy groups -OCH3 is 1. The van der Waals surface area contributed by atoms with Gasteiger partial charge in [0, 0.05) is 18.8 Å². The Kier molecular flexibility index (Phi) is 9.06. The van der Waals surface area contributed by atoms with Crippen molar-refractivity contribution in [2.45, 2.75) is 44.8 Å². The average molecular weight is 414 g/mol. The van der Waals surface area contributed by atoms with E-state index in [-0.39, 0.29) is 24.0 Å². The van der Waals surface area contributed by atoms with Crippen LogP contribution in [0.4, 0.5) is 0 Å². The summed E-state index contributed by atoms with van der Waals surface area (Å²) in [5.74, 6) is -2.52. The zero-order valence-electron chi connectivity index (χ0n) is 17.5. The lowest BCUT2D eigenvalue weighted by atomic mass is 9.91. The maximum absolute atomic E-state index is 12.2. The van der Waals surface area contributed by atoms with Crippen LogP contribution in [0.5, 0.6) is 5.75 Å². The van der Waals surface area contributed by atoms with E-state index in [9.17, 15) is 19.8 Å². The second-order valence-electron chi connectivity index (χ2n) is 7.48. The summed E-state index contributed by atoms with van der Waals surface area (Å²) in [6, 6.07) is 7.92. The second kappa shape index (κ2) is 11.5. The first-order chi connectivity index (χ1) is 14.3. The summed E-state index contributed by atoms with van der Waals surface area (Å²) in [5, 5.41) is 19.1. The van der Waals surface area contributed by atoms with E-state index in [0.29, 0.717) is 19.4 Å². The van der Waals surface area contributed by atoms with Gasteiger partial charge in [-0.3, -0.25) is 4.79 Å². The van der Waals surface area contributed by atoms with Crippen molar-refractivity contribution in [2.24, 2.45) is 11.8 Å². The van der Waals surface area contributed by atoms with Crippen molar-refractivity contribution < 1.29 is 29.3 Å². The van der Waals surface area contributed by atoms with Crippen molar-refractivity contribution in [1.82, 2.24) is 0 Å². The fraction of sp³-hybridized carbons (Fsp3) is 0.458. The van der Waals surface area contributed by atoms with Gasteiger partial charge in [0.05, 0.1) is 13.7 Å². The summed E-state index contributed by atoms with van der Waals surface area (Å²) in [6.45, 7) is 2.61. The van der Waals surface area contributed by atoms with Gasteiger partial charge in [0.15, 0.2) is 0 Å². The molecule has 0 amide bonds. The average Bonchev–Trinajstić information content (AvgIpc) is 3.06. The number of carbonyl (C=O) groups excluding carboxylic acids is 2. The van der Waals surface area contributed by atoms with E-state index in [4.69, 9.17) is 4.74 Å². The molecule has 2 N–H and O–H groups in total. The van der Waals surface area contributed by atoms with Crippen LogP contribution in [0.1, 0.15) is 37.7 Å². The first-order valence-electron chi connectivity index (χ1n) is 10.1.